The Morgan fingerprint density at radius 2 is 1.97 bits per heavy atom. The molecular formula is C24H26N6O2. The zero-order valence-electron chi connectivity index (χ0n) is 18.0. The van der Waals surface area contributed by atoms with Crippen molar-refractivity contribution >= 4 is 28.3 Å². The van der Waals surface area contributed by atoms with E-state index in [1.807, 2.05) is 18.3 Å². The lowest BCUT2D eigenvalue weighted by atomic mass is 9.86. The molecule has 0 saturated heterocycles. The van der Waals surface area contributed by atoms with E-state index in [0.29, 0.717) is 42.0 Å². The zero-order valence-corrected chi connectivity index (χ0v) is 18.0. The van der Waals surface area contributed by atoms with Crippen LogP contribution in [0, 0.1) is 5.92 Å². The van der Waals surface area contributed by atoms with Gasteiger partial charge in [-0.05, 0) is 67.7 Å². The molecule has 3 aromatic heterocycles. The molecule has 4 N–H and O–H groups in total. The smallest absolute Gasteiger partial charge is 0.253 e. The van der Waals surface area contributed by atoms with Gasteiger partial charge in [-0.2, -0.15) is 0 Å². The molecule has 8 nitrogen and oxygen atoms in total. The van der Waals surface area contributed by atoms with Crippen molar-refractivity contribution in [1.29, 1.82) is 0 Å². The van der Waals surface area contributed by atoms with E-state index in [0.717, 1.165) is 47.7 Å². The van der Waals surface area contributed by atoms with Gasteiger partial charge in [-0.1, -0.05) is 0 Å². The average Bonchev–Trinajstić information content (AvgIpc) is 3.68. The Kier molecular flexibility index (Phi) is 4.33. The highest BCUT2D eigenvalue weighted by atomic mass is 16.5. The number of nitrogens with zero attached hydrogens (tertiary/aromatic N) is 3. The van der Waals surface area contributed by atoms with Crippen molar-refractivity contribution in [2.24, 2.45) is 11.7 Å². The average molecular weight is 431 g/mol. The van der Waals surface area contributed by atoms with E-state index in [-0.39, 0.29) is 12.0 Å². The first kappa shape index (κ1) is 19.4. The SMILES string of the molecule is CC(N)(c1cnc(OC2CC2)c2cnc(Nc3ccc4c(n3)CCNC4=O)cc12)C1CC1. The van der Waals surface area contributed by atoms with Gasteiger partial charge in [-0.25, -0.2) is 15.0 Å². The molecular weight excluding hydrogens is 404 g/mol. The maximum atomic E-state index is 12.0. The number of hydrogen-bond acceptors (Lipinski definition) is 7. The number of carbonyl (C=O) groups excluding carboxylic acids is 1. The molecule has 32 heavy (non-hydrogen) atoms. The van der Waals surface area contributed by atoms with Crippen molar-refractivity contribution in [3.05, 3.63) is 47.4 Å². The summed E-state index contributed by atoms with van der Waals surface area (Å²) in [5, 5.41) is 8.03. The van der Waals surface area contributed by atoms with E-state index in [4.69, 9.17) is 10.5 Å². The van der Waals surface area contributed by atoms with Crippen LogP contribution in [0.5, 0.6) is 5.88 Å². The standard InChI is InChI=1S/C24H26N6O2/c1-24(25,13-2-3-13)18-12-28-23(32-14-4-5-14)17-11-27-21(10-16(17)18)30-20-7-6-15-19(29-20)8-9-26-22(15)31/h6-7,10-14H,2-5,8-9,25H2,1H3,(H,26,31)(H,27,29,30). The summed E-state index contributed by atoms with van der Waals surface area (Å²) in [4.78, 5) is 25.9. The van der Waals surface area contributed by atoms with E-state index >= 15 is 0 Å². The van der Waals surface area contributed by atoms with Crippen LogP contribution >= 0.6 is 0 Å². The number of hydrogen-bond donors (Lipinski definition) is 3. The van der Waals surface area contributed by atoms with Gasteiger partial charge in [0.25, 0.3) is 5.91 Å². The molecule has 8 heteroatoms. The summed E-state index contributed by atoms with van der Waals surface area (Å²) in [6, 6.07) is 5.62. The lowest BCUT2D eigenvalue weighted by Gasteiger charge is -2.27. The molecule has 164 valence electrons. The van der Waals surface area contributed by atoms with Gasteiger partial charge in [0, 0.05) is 30.9 Å². The minimum atomic E-state index is -0.459. The minimum absolute atomic E-state index is 0.0724. The molecule has 4 heterocycles. The summed E-state index contributed by atoms with van der Waals surface area (Å²) in [7, 11) is 0. The normalized spacial score (nSPS) is 19.8. The number of anilines is 2. The van der Waals surface area contributed by atoms with Gasteiger partial charge in [0.1, 0.15) is 17.7 Å². The first-order chi connectivity index (χ1) is 15.5. The largest absolute Gasteiger partial charge is 0.474 e. The second-order valence-corrected chi connectivity index (χ2v) is 9.29. The van der Waals surface area contributed by atoms with Crippen LogP contribution in [0.4, 0.5) is 11.6 Å². The molecule has 3 aliphatic rings. The van der Waals surface area contributed by atoms with Crippen molar-refractivity contribution in [1.82, 2.24) is 20.3 Å². The summed E-state index contributed by atoms with van der Waals surface area (Å²) < 4.78 is 6.05. The predicted octanol–water partition coefficient (Wildman–Crippen LogP) is 3.18. The second-order valence-electron chi connectivity index (χ2n) is 9.29. The van der Waals surface area contributed by atoms with Crippen LogP contribution in [-0.2, 0) is 12.0 Å². The number of nitrogens with two attached hydrogens (primary N) is 1. The van der Waals surface area contributed by atoms with E-state index < -0.39 is 5.54 Å². The van der Waals surface area contributed by atoms with Crippen molar-refractivity contribution in [2.45, 2.75) is 50.7 Å². The highest BCUT2D eigenvalue weighted by Gasteiger charge is 2.41. The number of rotatable bonds is 6. The summed E-state index contributed by atoms with van der Waals surface area (Å²) >= 11 is 0. The third kappa shape index (κ3) is 3.44. The van der Waals surface area contributed by atoms with Crippen molar-refractivity contribution in [2.75, 3.05) is 11.9 Å². The summed E-state index contributed by atoms with van der Waals surface area (Å²) in [5.74, 6) is 2.34. The van der Waals surface area contributed by atoms with Crippen LogP contribution in [0.3, 0.4) is 0 Å². The molecule has 0 bridgehead atoms. The molecule has 1 aliphatic heterocycles. The molecule has 2 fully saturated rings. The van der Waals surface area contributed by atoms with E-state index in [2.05, 4.69) is 32.5 Å². The number of carbonyl (C=O) groups is 1. The predicted molar refractivity (Wildman–Crippen MR) is 121 cm³/mol. The fourth-order valence-electron chi connectivity index (χ4n) is 4.44. The Balaban J connectivity index is 1.39. The number of aromatic nitrogens is 3. The number of amides is 1. The first-order valence-corrected chi connectivity index (χ1v) is 11.3. The first-order valence-electron chi connectivity index (χ1n) is 11.3. The van der Waals surface area contributed by atoms with Crippen LogP contribution in [0.15, 0.2) is 30.6 Å². The molecule has 0 spiro atoms. The van der Waals surface area contributed by atoms with Crippen molar-refractivity contribution < 1.29 is 9.53 Å². The quantitative estimate of drug-likeness (QED) is 0.550. The van der Waals surface area contributed by atoms with Gasteiger partial charge < -0.3 is 21.1 Å². The van der Waals surface area contributed by atoms with Gasteiger partial charge >= 0.3 is 0 Å². The van der Waals surface area contributed by atoms with Gasteiger partial charge in [0.2, 0.25) is 5.88 Å². The van der Waals surface area contributed by atoms with Crippen LogP contribution < -0.4 is 21.1 Å². The third-order valence-corrected chi connectivity index (χ3v) is 6.67. The Labute approximate surface area is 186 Å². The summed E-state index contributed by atoms with van der Waals surface area (Å²) in [6.07, 6.45) is 9.05. The van der Waals surface area contributed by atoms with E-state index in [9.17, 15) is 4.79 Å². The summed E-state index contributed by atoms with van der Waals surface area (Å²) in [6.45, 7) is 2.69. The van der Waals surface area contributed by atoms with Crippen molar-refractivity contribution in [3.8, 4) is 5.88 Å². The third-order valence-electron chi connectivity index (χ3n) is 6.67. The molecule has 2 aliphatic carbocycles. The van der Waals surface area contributed by atoms with Gasteiger partial charge in [0.05, 0.1) is 16.6 Å². The lowest BCUT2D eigenvalue weighted by Crippen LogP contribution is -2.35. The monoisotopic (exact) mass is 430 g/mol. The second kappa shape index (κ2) is 7.13. The van der Waals surface area contributed by atoms with Gasteiger partial charge in [-0.15, -0.1) is 0 Å². The zero-order chi connectivity index (χ0) is 21.9. The maximum Gasteiger partial charge on any atom is 0.253 e. The van der Waals surface area contributed by atoms with Crippen LogP contribution in [-0.4, -0.2) is 33.5 Å². The number of ether oxygens (including phenoxy) is 1. The fraction of sp³-hybridized carbons (Fsp3) is 0.417. The van der Waals surface area contributed by atoms with E-state index in [1.165, 1.54) is 0 Å². The van der Waals surface area contributed by atoms with Crippen molar-refractivity contribution in [3.63, 3.8) is 0 Å². The summed E-state index contributed by atoms with van der Waals surface area (Å²) in [5.41, 5.74) is 8.78. The molecule has 1 atom stereocenters. The number of nitrogens with one attached hydrogen (secondary N) is 2. The Morgan fingerprint density at radius 1 is 1.12 bits per heavy atom. The molecule has 1 unspecified atom stereocenters. The molecule has 0 aromatic carbocycles. The molecule has 2 saturated carbocycles. The molecule has 1 amide bonds. The molecule has 6 rings (SSSR count). The molecule has 0 radical (unpaired) electrons. The van der Waals surface area contributed by atoms with Gasteiger partial charge in [-0.3, -0.25) is 4.79 Å². The Hall–Kier alpha value is -3.26. The number of pyridine rings is 3. The maximum absolute atomic E-state index is 12.0. The van der Waals surface area contributed by atoms with Crippen LogP contribution in [0.2, 0.25) is 0 Å². The van der Waals surface area contributed by atoms with Crippen LogP contribution in [0.25, 0.3) is 10.8 Å². The van der Waals surface area contributed by atoms with Crippen LogP contribution in [0.1, 0.15) is 54.2 Å². The number of fused-ring (bicyclic) bond motifs is 2. The van der Waals surface area contributed by atoms with E-state index in [1.54, 1.807) is 12.3 Å². The minimum Gasteiger partial charge on any atom is -0.474 e. The fourth-order valence-corrected chi connectivity index (χ4v) is 4.44. The highest BCUT2D eigenvalue weighted by Crippen LogP contribution is 2.46. The Morgan fingerprint density at radius 3 is 2.75 bits per heavy atom. The lowest BCUT2D eigenvalue weighted by molar-refractivity contribution is 0.0945. The highest BCUT2D eigenvalue weighted by molar-refractivity contribution is 5.96. The Bertz CT molecular complexity index is 1230. The topological polar surface area (TPSA) is 115 Å². The molecule has 3 aromatic rings. The van der Waals surface area contributed by atoms with Gasteiger partial charge in [0.15, 0.2) is 0 Å².